The molecule has 1 heterocycles. The van der Waals surface area contributed by atoms with Crippen molar-refractivity contribution in [2.75, 3.05) is 33.1 Å². The molecule has 5 nitrogen and oxygen atoms in total. The molecule has 1 aromatic rings. The van der Waals surface area contributed by atoms with Crippen molar-refractivity contribution in [3.63, 3.8) is 0 Å². The molecule has 0 radical (unpaired) electrons. The fourth-order valence-corrected chi connectivity index (χ4v) is 0.951. The summed E-state index contributed by atoms with van der Waals surface area (Å²) in [5.74, 6) is 1.15. The maximum absolute atomic E-state index is 11.3. The molecule has 1 N–H and O–H groups in total. The van der Waals surface area contributed by atoms with Gasteiger partial charge in [-0.2, -0.15) is 4.98 Å². The number of rotatable bonds is 4. The highest BCUT2D eigenvalue weighted by atomic mass is 16.5. The fourth-order valence-electron chi connectivity index (χ4n) is 0.951. The minimum Gasteiger partial charge on any atom is -0.481 e. The predicted octanol–water partition coefficient (Wildman–Crippen LogP) is 0.590. The van der Waals surface area contributed by atoms with E-state index in [4.69, 9.17) is 4.74 Å². The molecule has 0 aliphatic heterocycles. The van der Waals surface area contributed by atoms with Crippen molar-refractivity contribution < 1.29 is 9.53 Å². The Morgan fingerprint density at radius 3 is 2.87 bits per heavy atom. The molecule has 1 amide bonds. The summed E-state index contributed by atoms with van der Waals surface area (Å²) in [6, 6.07) is 5.35. The van der Waals surface area contributed by atoms with Crippen LogP contribution in [-0.2, 0) is 4.79 Å². The summed E-state index contributed by atoms with van der Waals surface area (Å²) >= 11 is 0. The van der Waals surface area contributed by atoms with Gasteiger partial charge in [0.25, 0.3) is 0 Å². The third-order valence-corrected chi connectivity index (χ3v) is 1.85. The van der Waals surface area contributed by atoms with E-state index in [1.165, 1.54) is 4.90 Å². The lowest BCUT2D eigenvalue weighted by molar-refractivity contribution is -0.126. The normalized spacial score (nSPS) is 9.53. The van der Waals surface area contributed by atoms with Crippen molar-refractivity contribution in [2.45, 2.75) is 0 Å². The summed E-state index contributed by atoms with van der Waals surface area (Å²) in [5.41, 5.74) is 0. The number of ether oxygens (including phenoxy) is 1. The summed E-state index contributed by atoms with van der Waals surface area (Å²) in [5, 5.41) is 2.92. The molecule has 0 aliphatic carbocycles. The molecule has 0 saturated carbocycles. The second-order valence-corrected chi connectivity index (χ2v) is 3.21. The Kier molecular flexibility index (Phi) is 3.91. The van der Waals surface area contributed by atoms with Gasteiger partial charge in [0.2, 0.25) is 11.8 Å². The van der Waals surface area contributed by atoms with E-state index in [0.29, 0.717) is 11.7 Å². The molecule has 0 atom stereocenters. The van der Waals surface area contributed by atoms with Gasteiger partial charge in [-0.15, -0.1) is 0 Å². The maximum atomic E-state index is 11.3. The number of carbonyl (C=O) groups excluding carboxylic acids is 1. The van der Waals surface area contributed by atoms with Crippen LogP contribution < -0.4 is 10.1 Å². The minimum absolute atomic E-state index is 0.000352. The Morgan fingerprint density at radius 1 is 1.53 bits per heavy atom. The van der Waals surface area contributed by atoms with Crippen LogP contribution in [0.15, 0.2) is 18.2 Å². The zero-order valence-electron chi connectivity index (χ0n) is 9.15. The average Bonchev–Trinajstić information content (AvgIpc) is 2.26. The third-order valence-electron chi connectivity index (χ3n) is 1.85. The molecule has 0 saturated heterocycles. The van der Waals surface area contributed by atoms with Crippen molar-refractivity contribution in [3.8, 4) is 5.88 Å². The number of carbonyl (C=O) groups is 1. The number of hydrogen-bond donors (Lipinski definition) is 1. The highest BCUT2D eigenvalue weighted by Gasteiger charge is 2.03. The Bertz CT molecular complexity index is 339. The van der Waals surface area contributed by atoms with Gasteiger partial charge in [0, 0.05) is 20.2 Å². The molecule has 1 rings (SSSR count). The first-order chi connectivity index (χ1) is 7.13. The highest BCUT2D eigenvalue weighted by Crippen LogP contribution is 2.09. The van der Waals surface area contributed by atoms with Crippen LogP contribution in [0.3, 0.4) is 0 Å². The van der Waals surface area contributed by atoms with Gasteiger partial charge in [-0.25, -0.2) is 0 Å². The zero-order valence-corrected chi connectivity index (χ0v) is 9.15. The number of hydrogen-bond acceptors (Lipinski definition) is 4. The number of pyridine rings is 1. The minimum atomic E-state index is -0.000352. The predicted molar refractivity (Wildman–Crippen MR) is 58.0 cm³/mol. The second kappa shape index (κ2) is 5.19. The molecule has 82 valence electrons. The molecule has 15 heavy (non-hydrogen) atoms. The van der Waals surface area contributed by atoms with E-state index in [1.807, 2.05) is 6.07 Å². The summed E-state index contributed by atoms with van der Waals surface area (Å²) in [6.45, 7) is 0.229. The van der Waals surface area contributed by atoms with Gasteiger partial charge in [0.05, 0.1) is 13.7 Å². The van der Waals surface area contributed by atoms with E-state index in [1.54, 1.807) is 33.3 Å². The highest BCUT2D eigenvalue weighted by molar-refractivity contribution is 5.80. The van der Waals surface area contributed by atoms with Crippen molar-refractivity contribution in [3.05, 3.63) is 18.2 Å². The molecule has 0 aromatic carbocycles. The van der Waals surface area contributed by atoms with Gasteiger partial charge in [0.1, 0.15) is 5.82 Å². The van der Waals surface area contributed by atoms with Gasteiger partial charge in [-0.1, -0.05) is 6.07 Å². The zero-order chi connectivity index (χ0) is 11.3. The fraction of sp³-hybridized carbons (Fsp3) is 0.400. The van der Waals surface area contributed by atoms with Crippen LogP contribution in [0.25, 0.3) is 0 Å². The lowest BCUT2D eigenvalue weighted by atomic mass is 10.4. The summed E-state index contributed by atoms with van der Waals surface area (Å²) in [6.07, 6.45) is 0. The van der Waals surface area contributed by atoms with Gasteiger partial charge in [-0.3, -0.25) is 4.79 Å². The summed E-state index contributed by atoms with van der Waals surface area (Å²) < 4.78 is 4.96. The first-order valence-corrected chi connectivity index (χ1v) is 4.58. The van der Waals surface area contributed by atoms with E-state index in [0.717, 1.165) is 0 Å². The van der Waals surface area contributed by atoms with Gasteiger partial charge in [0.15, 0.2) is 0 Å². The van der Waals surface area contributed by atoms with Crippen LogP contribution in [0.2, 0.25) is 0 Å². The average molecular weight is 209 g/mol. The van der Waals surface area contributed by atoms with Crippen LogP contribution in [0, 0.1) is 0 Å². The number of amides is 1. The maximum Gasteiger partial charge on any atom is 0.241 e. The number of nitrogens with one attached hydrogen (secondary N) is 1. The van der Waals surface area contributed by atoms with Crippen LogP contribution in [0.4, 0.5) is 5.82 Å². The number of anilines is 1. The molecular formula is C10H15N3O2. The number of methoxy groups -OCH3 is 1. The monoisotopic (exact) mass is 209 g/mol. The van der Waals surface area contributed by atoms with Crippen molar-refractivity contribution in [1.82, 2.24) is 9.88 Å². The molecule has 5 heteroatoms. The SMILES string of the molecule is COc1cccc(NCC(=O)N(C)C)n1. The quantitative estimate of drug-likeness (QED) is 0.788. The van der Waals surface area contributed by atoms with E-state index in [-0.39, 0.29) is 12.5 Å². The molecule has 0 fully saturated rings. The smallest absolute Gasteiger partial charge is 0.241 e. The molecule has 0 aliphatic rings. The number of likely N-dealkylation sites (N-methyl/N-ethyl adjacent to an activating group) is 1. The molecule has 0 bridgehead atoms. The van der Waals surface area contributed by atoms with Crippen LogP contribution in [-0.4, -0.2) is 43.5 Å². The van der Waals surface area contributed by atoms with Crippen LogP contribution in [0.5, 0.6) is 5.88 Å². The van der Waals surface area contributed by atoms with Crippen molar-refractivity contribution >= 4 is 11.7 Å². The van der Waals surface area contributed by atoms with E-state index in [2.05, 4.69) is 10.3 Å². The Hall–Kier alpha value is -1.78. The van der Waals surface area contributed by atoms with Crippen molar-refractivity contribution in [1.29, 1.82) is 0 Å². The first kappa shape index (κ1) is 11.3. The number of nitrogens with zero attached hydrogens (tertiary/aromatic N) is 2. The molecular weight excluding hydrogens is 194 g/mol. The summed E-state index contributed by atoms with van der Waals surface area (Å²) in [7, 11) is 4.98. The van der Waals surface area contributed by atoms with Gasteiger partial charge in [-0.05, 0) is 6.07 Å². The van der Waals surface area contributed by atoms with E-state index < -0.39 is 0 Å². The molecule has 0 spiro atoms. The Labute approximate surface area is 89.1 Å². The second-order valence-electron chi connectivity index (χ2n) is 3.21. The van der Waals surface area contributed by atoms with E-state index in [9.17, 15) is 4.79 Å². The lowest BCUT2D eigenvalue weighted by Crippen LogP contribution is -2.28. The Balaban J connectivity index is 2.54. The van der Waals surface area contributed by atoms with E-state index >= 15 is 0 Å². The Morgan fingerprint density at radius 2 is 2.27 bits per heavy atom. The van der Waals surface area contributed by atoms with Gasteiger partial charge < -0.3 is 15.0 Å². The molecule has 0 unspecified atom stereocenters. The van der Waals surface area contributed by atoms with Gasteiger partial charge >= 0.3 is 0 Å². The topological polar surface area (TPSA) is 54.5 Å². The third kappa shape index (κ3) is 3.46. The van der Waals surface area contributed by atoms with Crippen LogP contribution >= 0.6 is 0 Å². The van der Waals surface area contributed by atoms with Crippen LogP contribution in [0.1, 0.15) is 0 Å². The lowest BCUT2D eigenvalue weighted by Gasteiger charge is -2.11. The van der Waals surface area contributed by atoms with Crippen molar-refractivity contribution in [2.24, 2.45) is 0 Å². The molecule has 1 aromatic heterocycles. The number of aromatic nitrogens is 1. The first-order valence-electron chi connectivity index (χ1n) is 4.58. The largest absolute Gasteiger partial charge is 0.481 e. The standard InChI is InChI=1S/C10H15N3O2/c1-13(2)10(14)7-11-8-5-4-6-9(12-8)15-3/h4-6H,7H2,1-3H3,(H,11,12). The summed E-state index contributed by atoms with van der Waals surface area (Å²) in [4.78, 5) is 16.9.